The van der Waals surface area contributed by atoms with Crippen LogP contribution in [-0.4, -0.2) is 0 Å². The molecule has 0 N–H and O–H groups in total. The number of rotatable bonds is 6. The maximum absolute atomic E-state index is 12.5. The fourth-order valence-corrected chi connectivity index (χ4v) is 1.91. The third kappa shape index (κ3) is 12.4. The molecule has 0 nitrogen and oxygen atoms in total. The molecule has 0 aromatic heterocycles. The Kier molecular flexibility index (Phi) is 19.6. The predicted molar refractivity (Wildman–Crippen MR) is 89.3 cm³/mol. The molecule has 0 aliphatic rings. The Labute approximate surface area is 122 Å². The monoisotopic (exact) mass is 274 g/mol. The second-order valence-corrected chi connectivity index (χ2v) is 5.56. The van der Waals surface area contributed by atoms with Crippen LogP contribution in [0.2, 0.25) is 0 Å². The van der Waals surface area contributed by atoms with Gasteiger partial charge < -0.3 is 0 Å². The Morgan fingerprint density at radius 2 is 1.53 bits per heavy atom. The number of allylic oxidation sites excluding steroid dienone is 1. The zero-order valence-corrected chi connectivity index (χ0v) is 15.1. The van der Waals surface area contributed by atoms with Gasteiger partial charge in [-0.1, -0.05) is 75.2 Å². The zero-order valence-electron chi connectivity index (χ0n) is 15.1. The summed E-state index contributed by atoms with van der Waals surface area (Å²) in [6.45, 7) is 19.2. The first-order valence-electron chi connectivity index (χ1n) is 8.19. The maximum Gasteiger partial charge on any atom is 0.0859 e. The SMILES string of the molecule is CC.CCC.CCCC(C)(C/C(=C\F)CC)C(C)C. The highest BCUT2D eigenvalue weighted by atomic mass is 19.1. The largest absolute Gasteiger partial charge is 0.216 e. The van der Waals surface area contributed by atoms with Gasteiger partial charge in [-0.2, -0.15) is 0 Å². The van der Waals surface area contributed by atoms with Gasteiger partial charge in [0.15, 0.2) is 0 Å². The van der Waals surface area contributed by atoms with Gasteiger partial charge in [0.05, 0.1) is 6.33 Å². The van der Waals surface area contributed by atoms with Crippen molar-refractivity contribution >= 4 is 0 Å². The molecule has 0 saturated heterocycles. The van der Waals surface area contributed by atoms with Crippen LogP contribution < -0.4 is 0 Å². The van der Waals surface area contributed by atoms with E-state index in [0.717, 1.165) is 24.7 Å². The second kappa shape index (κ2) is 15.7. The summed E-state index contributed by atoms with van der Waals surface area (Å²) in [5.74, 6) is 0.615. The molecule has 0 heterocycles. The van der Waals surface area contributed by atoms with Crippen molar-refractivity contribution < 1.29 is 4.39 Å². The summed E-state index contributed by atoms with van der Waals surface area (Å²) in [7, 11) is 0. The van der Waals surface area contributed by atoms with Gasteiger partial charge in [0.1, 0.15) is 0 Å². The van der Waals surface area contributed by atoms with Crippen molar-refractivity contribution in [3.8, 4) is 0 Å². The Morgan fingerprint density at radius 3 is 1.74 bits per heavy atom. The lowest BCUT2D eigenvalue weighted by molar-refractivity contribution is 0.193. The molecular weight excluding hydrogens is 235 g/mol. The molecule has 118 valence electrons. The van der Waals surface area contributed by atoms with Gasteiger partial charge in [0.2, 0.25) is 0 Å². The molecule has 0 amide bonds. The average Bonchev–Trinajstić information content (AvgIpc) is 2.39. The van der Waals surface area contributed by atoms with Crippen LogP contribution in [0, 0.1) is 11.3 Å². The van der Waals surface area contributed by atoms with Crippen molar-refractivity contribution in [1.29, 1.82) is 0 Å². The molecule has 1 atom stereocenters. The first kappa shape index (κ1) is 23.7. The van der Waals surface area contributed by atoms with Crippen LogP contribution in [0.1, 0.15) is 94.4 Å². The molecule has 1 heteroatoms. The lowest BCUT2D eigenvalue weighted by Gasteiger charge is -2.34. The topological polar surface area (TPSA) is 0 Å². The van der Waals surface area contributed by atoms with E-state index in [2.05, 4.69) is 41.5 Å². The van der Waals surface area contributed by atoms with E-state index < -0.39 is 0 Å². The van der Waals surface area contributed by atoms with Gasteiger partial charge in [-0.25, -0.2) is 4.39 Å². The normalized spacial score (nSPS) is 13.9. The molecule has 0 rings (SSSR count). The van der Waals surface area contributed by atoms with Crippen molar-refractivity contribution in [1.82, 2.24) is 0 Å². The highest BCUT2D eigenvalue weighted by Crippen LogP contribution is 2.39. The first-order chi connectivity index (χ1) is 8.91. The molecule has 0 radical (unpaired) electrons. The van der Waals surface area contributed by atoms with Crippen LogP contribution in [0.15, 0.2) is 11.9 Å². The second-order valence-electron chi connectivity index (χ2n) is 5.56. The Balaban J connectivity index is -0.000000445. The molecule has 0 aliphatic heterocycles. The van der Waals surface area contributed by atoms with Crippen molar-refractivity contribution in [2.75, 3.05) is 0 Å². The molecule has 0 fully saturated rings. The van der Waals surface area contributed by atoms with Crippen molar-refractivity contribution in [2.24, 2.45) is 11.3 Å². The van der Waals surface area contributed by atoms with Gasteiger partial charge in [0.25, 0.3) is 0 Å². The van der Waals surface area contributed by atoms with Crippen LogP contribution >= 0.6 is 0 Å². The van der Waals surface area contributed by atoms with E-state index in [9.17, 15) is 4.39 Å². The highest BCUT2D eigenvalue weighted by Gasteiger charge is 2.27. The lowest BCUT2D eigenvalue weighted by atomic mass is 9.71. The van der Waals surface area contributed by atoms with Gasteiger partial charge in [-0.05, 0) is 36.2 Å². The van der Waals surface area contributed by atoms with Crippen molar-refractivity contribution in [2.45, 2.75) is 94.4 Å². The molecule has 0 aliphatic carbocycles. The van der Waals surface area contributed by atoms with Crippen molar-refractivity contribution in [3.63, 3.8) is 0 Å². The third-order valence-corrected chi connectivity index (χ3v) is 3.45. The molecule has 0 aromatic carbocycles. The minimum Gasteiger partial charge on any atom is -0.216 e. The summed E-state index contributed by atoms with van der Waals surface area (Å²) in [4.78, 5) is 0. The zero-order chi connectivity index (χ0) is 15.9. The standard InChI is InChI=1S/C13H25F.C3H8.C2H6/c1-6-8-13(5,11(3)4)9-12(7-2)10-14;1-3-2;1-2/h10-11H,6-9H2,1-5H3;3H2,1-2H3;1-2H3/b12-10-;;. The maximum atomic E-state index is 12.5. The van der Waals surface area contributed by atoms with Crippen LogP contribution in [0.3, 0.4) is 0 Å². The Morgan fingerprint density at radius 1 is 1.11 bits per heavy atom. The van der Waals surface area contributed by atoms with Gasteiger partial charge >= 0.3 is 0 Å². The summed E-state index contributed by atoms with van der Waals surface area (Å²) < 4.78 is 12.5. The molecule has 0 aromatic rings. The van der Waals surface area contributed by atoms with E-state index in [1.54, 1.807) is 0 Å². The Hall–Kier alpha value is -0.330. The molecule has 1 unspecified atom stereocenters. The minimum absolute atomic E-state index is 0.267. The van der Waals surface area contributed by atoms with Gasteiger partial charge in [0, 0.05) is 0 Å². The smallest absolute Gasteiger partial charge is 0.0859 e. The number of hydrogen-bond donors (Lipinski definition) is 0. The number of halogens is 1. The van der Waals surface area contributed by atoms with Gasteiger partial charge in [-0.3, -0.25) is 0 Å². The van der Waals surface area contributed by atoms with Crippen LogP contribution in [0.25, 0.3) is 0 Å². The van der Waals surface area contributed by atoms with Gasteiger partial charge in [-0.15, -0.1) is 0 Å². The molecule has 19 heavy (non-hydrogen) atoms. The van der Waals surface area contributed by atoms with E-state index in [-0.39, 0.29) is 5.41 Å². The highest BCUT2D eigenvalue weighted by molar-refractivity contribution is 5.02. The summed E-state index contributed by atoms with van der Waals surface area (Å²) in [6.07, 6.45) is 6.16. The molecule has 0 saturated carbocycles. The summed E-state index contributed by atoms with van der Waals surface area (Å²) in [6, 6.07) is 0. The molecule has 0 bridgehead atoms. The van der Waals surface area contributed by atoms with E-state index >= 15 is 0 Å². The Bertz CT molecular complexity index is 194. The summed E-state index contributed by atoms with van der Waals surface area (Å²) in [5.41, 5.74) is 1.22. The van der Waals surface area contributed by atoms with Crippen LogP contribution in [0.5, 0.6) is 0 Å². The lowest BCUT2D eigenvalue weighted by Crippen LogP contribution is -2.24. The number of hydrogen-bond acceptors (Lipinski definition) is 0. The molecule has 0 spiro atoms. The predicted octanol–water partition coefficient (Wildman–Crippen LogP) is 7.54. The molecular formula is C18H39F. The fraction of sp³-hybridized carbons (Fsp3) is 0.889. The fourth-order valence-electron chi connectivity index (χ4n) is 1.91. The van der Waals surface area contributed by atoms with E-state index in [4.69, 9.17) is 0 Å². The summed E-state index contributed by atoms with van der Waals surface area (Å²) in [5, 5.41) is 0. The van der Waals surface area contributed by atoms with E-state index in [1.165, 1.54) is 19.3 Å². The van der Waals surface area contributed by atoms with Crippen LogP contribution in [-0.2, 0) is 0 Å². The van der Waals surface area contributed by atoms with E-state index in [0.29, 0.717) is 5.92 Å². The third-order valence-electron chi connectivity index (χ3n) is 3.45. The van der Waals surface area contributed by atoms with Crippen LogP contribution in [0.4, 0.5) is 4.39 Å². The van der Waals surface area contributed by atoms with Crippen molar-refractivity contribution in [3.05, 3.63) is 11.9 Å². The average molecular weight is 275 g/mol. The summed E-state index contributed by atoms with van der Waals surface area (Å²) >= 11 is 0. The van der Waals surface area contributed by atoms with E-state index in [1.807, 2.05) is 20.8 Å². The minimum atomic E-state index is 0.267. The quantitative estimate of drug-likeness (QED) is 0.469. The first-order valence-corrected chi connectivity index (χ1v) is 8.19.